The van der Waals surface area contributed by atoms with E-state index in [9.17, 15) is 9.18 Å². The Hall–Kier alpha value is -1.39. The molecule has 1 aliphatic rings. The summed E-state index contributed by atoms with van der Waals surface area (Å²) in [5.74, 6) is 3.83. The normalized spacial score (nSPS) is 29.3. The van der Waals surface area contributed by atoms with E-state index in [1.807, 2.05) is 0 Å². The molecule has 5 heteroatoms. The van der Waals surface area contributed by atoms with Crippen molar-refractivity contribution in [1.29, 1.82) is 0 Å². The number of amidine groups is 1. The summed E-state index contributed by atoms with van der Waals surface area (Å²) in [6.45, 7) is 1.29. The van der Waals surface area contributed by atoms with Crippen molar-refractivity contribution in [2.24, 2.45) is 5.84 Å². The lowest BCUT2D eigenvalue weighted by Gasteiger charge is -2.09. The second-order valence-corrected chi connectivity index (χ2v) is 2.37. The molecule has 0 radical (unpaired) electrons. The standard InChI is InChI=1S/C6H8FN3O/c1-6(7)3-2-5(9-4-11)10(6)8/h2-4H,8H2,1H3/p+1. The highest BCUT2D eigenvalue weighted by molar-refractivity contribution is 5.96. The lowest BCUT2D eigenvalue weighted by Crippen LogP contribution is -2.42. The van der Waals surface area contributed by atoms with Gasteiger partial charge in [-0.25, -0.2) is 5.32 Å². The molecule has 0 aliphatic carbocycles. The number of carbonyl (C=O) groups is 1. The van der Waals surface area contributed by atoms with E-state index >= 15 is 0 Å². The molecule has 0 aromatic carbocycles. The first-order chi connectivity index (χ1) is 5.08. The van der Waals surface area contributed by atoms with E-state index in [1.54, 1.807) is 0 Å². The number of carbonyl (C=O) groups excluding carboxylic acids is 1. The largest absolute Gasteiger partial charge is 0.302 e. The van der Waals surface area contributed by atoms with Crippen LogP contribution in [0.3, 0.4) is 0 Å². The first-order valence-electron chi connectivity index (χ1n) is 3.08. The van der Waals surface area contributed by atoms with E-state index in [0.717, 1.165) is 4.68 Å². The minimum Gasteiger partial charge on any atom is -0.270 e. The highest BCUT2D eigenvalue weighted by Gasteiger charge is 2.35. The SMILES string of the molecule is CC1(F)C=CC(NC=O)=[N+]1N. The predicted octanol–water partition coefficient (Wildman–Crippen LogP) is -0.727. The number of amides is 1. The molecular weight excluding hydrogens is 149 g/mol. The topological polar surface area (TPSA) is 58.1 Å². The van der Waals surface area contributed by atoms with Crippen LogP contribution in [-0.4, -0.2) is 22.7 Å². The van der Waals surface area contributed by atoms with Crippen LogP contribution in [0.5, 0.6) is 0 Å². The number of rotatable bonds is 1. The minimum absolute atomic E-state index is 0.255. The van der Waals surface area contributed by atoms with Crippen molar-refractivity contribution in [1.82, 2.24) is 5.32 Å². The molecular formula is C6H9FN3O+. The molecule has 0 saturated heterocycles. The van der Waals surface area contributed by atoms with Crippen LogP contribution in [0, 0.1) is 0 Å². The molecule has 0 fully saturated rings. The first-order valence-corrected chi connectivity index (χ1v) is 3.08. The summed E-state index contributed by atoms with van der Waals surface area (Å²) in [6, 6.07) is 0. The van der Waals surface area contributed by atoms with Crippen LogP contribution in [0.15, 0.2) is 12.2 Å². The molecule has 0 aromatic heterocycles. The molecule has 3 N–H and O–H groups in total. The monoisotopic (exact) mass is 158 g/mol. The number of hydrazine groups is 1. The zero-order valence-corrected chi connectivity index (χ0v) is 6.04. The van der Waals surface area contributed by atoms with Gasteiger partial charge in [-0.2, -0.15) is 4.39 Å². The number of alkyl halides is 1. The first kappa shape index (κ1) is 7.71. The van der Waals surface area contributed by atoms with Crippen LogP contribution < -0.4 is 11.2 Å². The summed E-state index contributed by atoms with van der Waals surface area (Å²) in [6.07, 6.45) is 3.12. The third kappa shape index (κ3) is 1.21. The van der Waals surface area contributed by atoms with E-state index in [-0.39, 0.29) is 5.84 Å². The number of nitrogens with zero attached hydrogens (tertiary/aromatic N) is 1. The van der Waals surface area contributed by atoms with E-state index in [4.69, 9.17) is 5.84 Å². The van der Waals surface area contributed by atoms with Gasteiger partial charge in [0.2, 0.25) is 0 Å². The number of nitrogens with one attached hydrogen (secondary N) is 1. The average molecular weight is 158 g/mol. The van der Waals surface area contributed by atoms with Crippen LogP contribution >= 0.6 is 0 Å². The zero-order valence-electron chi connectivity index (χ0n) is 6.04. The predicted molar refractivity (Wildman–Crippen MR) is 37.3 cm³/mol. The van der Waals surface area contributed by atoms with Crippen molar-refractivity contribution in [2.45, 2.75) is 12.7 Å². The maximum absolute atomic E-state index is 13.1. The Balaban J connectivity index is 2.89. The van der Waals surface area contributed by atoms with Crippen molar-refractivity contribution in [3.05, 3.63) is 12.2 Å². The molecule has 0 bridgehead atoms. The lowest BCUT2D eigenvalue weighted by molar-refractivity contribution is -0.630. The second kappa shape index (κ2) is 2.34. The quantitative estimate of drug-likeness (QED) is 0.229. The van der Waals surface area contributed by atoms with Crippen molar-refractivity contribution in [2.75, 3.05) is 0 Å². The fourth-order valence-corrected chi connectivity index (χ4v) is 0.805. The van der Waals surface area contributed by atoms with Gasteiger partial charge in [0.05, 0.1) is 0 Å². The summed E-state index contributed by atoms with van der Waals surface area (Å²) in [7, 11) is 0. The van der Waals surface area contributed by atoms with Gasteiger partial charge >= 0.3 is 5.84 Å². The van der Waals surface area contributed by atoms with Gasteiger partial charge in [0.25, 0.3) is 12.2 Å². The number of hydrogen-bond acceptors (Lipinski definition) is 2. The van der Waals surface area contributed by atoms with Crippen molar-refractivity contribution < 1.29 is 13.9 Å². The van der Waals surface area contributed by atoms with Gasteiger partial charge in [0.1, 0.15) is 0 Å². The molecule has 1 amide bonds. The van der Waals surface area contributed by atoms with Crippen molar-refractivity contribution in [3.63, 3.8) is 0 Å². The fraction of sp³-hybridized carbons (Fsp3) is 0.333. The van der Waals surface area contributed by atoms with Crippen LogP contribution in [0.1, 0.15) is 6.92 Å². The van der Waals surface area contributed by atoms with Crippen molar-refractivity contribution in [3.8, 4) is 0 Å². The van der Waals surface area contributed by atoms with Gasteiger partial charge in [-0.15, -0.1) is 4.68 Å². The highest BCUT2D eigenvalue weighted by Crippen LogP contribution is 2.15. The molecule has 0 spiro atoms. The van der Waals surface area contributed by atoms with Gasteiger partial charge < -0.3 is 0 Å². The maximum atomic E-state index is 13.1. The van der Waals surface area contributed by atoms with Crippen LogP contribution in [0.2, 0.25) is 0 Å². The van der Waals surface area contributed by atoms with Crippen molar-refractivity contribution >= 4 is 12.2 Å². The summed E-state index contributed by atoms with van der Waals surface area (Å²) < 4.78 is 14.0. The van der Waals surface area contributed by atoms with Gasteiger partial charge in [-0.3, -0.25) is 10.6 Å². The van der Waals surface area contributed by atoms with E-state index in [0.29, 0.717) is 6.41 Å². The Morgan fingerprint density at radius 2 is 2.55 bits per heavy atom. The third-order valence-electron chi connectivity index (χ3n) is 1.48. The minimum atomic E-state index is -1.70. The molecule has 1 unspecified atom stereocenters. The smallest absolute Gasteiger partial charge is 0.270 e. The molecule has 1 rings (SSSR count). The number of nitrogens with two attached hydrogens (primary N) is 1. The molecule has 60 valence electrons. The van der Waals surface area contributed by atoms with Gasteiger partial charge in [-0.05, 0) is 0 Å². The number of halogens is 1. The molecule has 0 saturated carbocycles. The molecule has 11 heavy (non-hydrogen) atoms. The van der Waals surface area contributed by atoms with Gasteiger partial charge in [0, 0.05) is 19.1 Å². The van der Waals surface area contributed by atoms with Gasteiger partial charge in [0.15, 0.2) is 0 Å². The summed E-state index contributed by atoms with van der Waals surface area (Å²) in [5, 5.41) is 2.26. The van der Waals surface area contributed by atoms with Crippen LogP contribution in [0.4, 0.5) is 4.39 Å². The second-order valence-electron chi connectivity index (χ2n) is 2.37. The Bertz CT molecular complexity index is 244. The Kier molecular flexibility index (Phi) is 1.64. The summed E-state index contributed by atoms with van der Waals surface area (Å²) in [4.78, 5) is 9.95. The molecule has 1 atom stereocenters. The zero-order chi connectivity index (χ0) is 8.48. The third-order valence-corrected chi connectivity index (χ3v) is 1.48. The summed E-state index contributed by atoms with van der Waals surface area (Å²) >= 11 is 0. The average Bonchev–Trinajstić information content (AvgIpc) is 2.17. The van der Waals surface area contributed by atoms with E-state index in [1.165, 1.54) is 19.1 Å². The van der Waals surface area contributed by atoms with Gasteiger partial charge in [-0.1, -0.05) is 0 Å². The summed E-state index contributed by atoms with van der Waals surface area (Å²) in [5.41, 5.74) is 0. The molecule has 0 aromatic rings. The Labute approximate surface area is 63.2 Å². The Morgan fingerprint density at radius 3 is 2.91 bits per heavy atom. The fourth-order valence-electron chi connectivity index (χ4n) is 0.805. The molecule has 4 nitrogen and oxygen atoms in total. The maximum Gasteiger partial charge on any atom is 0.302 e. The number of hydrazone groups is 1. The van der Waals surface area contributed by atoms with Crippen LogP contribution in [0.25, 0.3) is 0 Å². The highest BCUT2D eigenvalue weighted by atomic mass is 19.1. The lowest BCUT2D eigenvalue weighted by atomic mass is 10.3. The number of hydrogen-bond donors (Lipinski definition) is 2. The van der Waals surface area contributed by atoms with E-state index < -0.39 is 5.79 Å². The Morgan fingerprint density at radius 1 is 1.91 bits per heavy atom. The van der Waals surface area contributed by atoms with Crippen LogP contribution in [-0.2, 0) is 4.79 Å². The van der Waals surface area contributed by atoms with E-state index in [2.05, 4.69) is 5.32 Å². The molecule has 1 aliphatic heterocycles. The molecule has 1 heterocycles.